The van der Waals surface area contributed by atoms with Crippen molar-refractivity contribution in [2.24, 2.45) is 5.73 Å². The lowest BCUT2D eigenvalue weighted by molar-refractivity contribution is -0.149. The molecule has 7 heteroatoms. The van der Waals surface area contributed by atoms with Crippen LogP contribution in [-0.2, 0) is 27.3 Å². The van der Waals surface area contributed by atoms with Crippen molar-refractivity contribution < 1.29 is 23.4 Å². The second-order valence-electron chi connectivity index (χ2n) is 8.31. The van der Waals surface area contributed by atoms with Gasteiger partial charge in [-0.3, -0.25) is 10.2 Å². The number of hydrogen-bond donors (Lipinski definition) is 2. The molecule has 3 aromatic carbocycles. The highest BCUT2D eigenvalue weighted by Crippen LogP contribution is 2.32. The van der Waals surface area contributed by atoms with Gasteiger partial charge in [0.2, 0.25) is 0 Å². The average molecular weight is 473 g/mol. The van der Waals surface area contributed by atoms with Gasteiger partial charge in [-0.1, -0.05) is 36.4 Å². The minimum absolute atomic E-state index is 0.00812. The smallest absolute Gasteiger partial charge is 0.310 e. The normalized spacial score (nSPS) is 11.8. The molecule has 3 N–H and O–H groups in total. The maximum absolute atomic E-state index is 12.4. The zero-order valence-corrected chi connectivity index (χ0v) is 19.7. The van der Waals surface area contributed by atoms with Gasteiger partial charge in [0, 0.05) is 29.2 Å². The van der Waals surface area contributed by atoms with E-state index in [4.69, 9.17) is 29.8 Å². The summed E-state index contributed by atoms with van der Waals surface area (Å²) in [6.07, 6.45) is 1.44. The number of esters is 1. The summed E-state index contributed by atoms with van der Waals surface area (Å²) in [7, 11) is 1.57. The number of nitrogen functional groups attached to an aromatic ring is 1. The van der Waals surface area contributed by atoms with E-state index >= 15 is 0 Å². The average Bonchev–Trinajstić information content (AvgIpc) is 3.32. The van der Waals surface area contributed by atoms with Crippen molar-refractivity contribution in [1.82, 2.24) is 0 Å². The molecule has 0 bridgehead atoms. The highest BCUT2D eigenvalue weighted by atomic mass is 16.6. The Morgan fingerprint density at radius 2 is 1.91 bits per heavy atom. The summed E-state index contributed by atoms with van der Waals surface area (Å²) in [4.78, 5) is 12.4. The minimum atomic E-state index is -0.335. The summed E-state index contributed by atoms with van der Waals surface area (Å²) in [5.41, 5.74) is 10.6. The van der Waals surface area contributed by atoms with Crippen LogP contribution >= 0.6 is 0 Å². The van der Waals surface area contributed by atoms with Crippen molar-refractivity contribution in [2.75, 3.05) is 13.7 Å². The van der Waals surface area contributed by atoms with Crippen LogP contribution in [-0.4, -0.2) is 31.6 Å². The lowest BCUT2D eigenvalue weighted by atomic mass is 9.98. The molecular weight excluding hydrogens is 444 g/mol. The highest BCUT2D eigenvalue weighted by Gasteiger charge is 2.15. The van der Waals surface area contributed by atoms with Gasteiger partial charge in [0.25, 0.3) is 0 Å². The Balaban J connectivity index is 1.56. The summed E-state index contributed by atoms with van der Waals surface area (Å²) in [6, 6.07) is 20.9. The molecule has 0 amide bonds. The lowest BCUT2D eigenvalue weighted by Gasteiger charge is -2.15. The monoisotopic (exact) mass is 472 g/mol. The number of rotatable bonds is 10. The number of carbonyl (C=O) groups is 1. The van der Waals surface area contributed by atoms with E-state index in [9.17, 15) is 4.79 Å². The molecule has 7 nitrogen and oxygen atoms in total. The molecule has 0 spiro atoms. The minimum Gasteiger partial charge on any atom is -0.489 e. The van der Waals surface area contributed by atoms with Crippen LogP contribution in [0.4, 0.5) is 0 Å². The van der Waals surface area contributed by atoms with Crippen LogP contribution in [0, 0.1) is 5.41 Å². The fourth-order valence-electron chi connectivity index (χ4n) is 3.94. The van der Waals surface area contributed by atoms with E-state index in [-0.39, 0.29) is 24.3 Å². The summed E-state index contributed by atoms with van der Waals surface area (Å²) >= 11 is 0. The maximum Gasteiger partial charge on any atom is 0.310 e. The van der Waals surface area contributed by atoms with Gasteiger partial charge >= 0.3 is 5.97 Å². The first kappa shape index (κ1) is 24.0. The second-order valence-corrected chi connectivity index (χ2v) is 8.31. The third-order valence-corrected chi connectivity index (χ3v) is 5.53. The molecule has 0 radical (unpaired) electrons. The first-order chi connectivity index (χ1) is 16.9. The van der Waals surface area contributed by atoms with E-state index in [1.54, 1.807) is 26.4 Å². The fourth-order valence-corrected chi connectivity index (χ4v) is 3.94. The number of ether oxygens (including phenoxy) is 3. The van der Waals surface area contributed by atoms with E-state index in [0.717, 1.165) is 33.2 Å². The van der Waals surface area contributed by atoms with Gasteiger partial charge in [-0.2, -0.15) is 0 Å². The van der Waals surface area contributed by atoms with Crippen LogP contribution in [0.5, 0.6) is 5.75 Å². The number of carbonyl (C=O) groups excluding carboxylic acids is 1. The van der Waals surface area contributed by atoms with Crippen LogP contribution in [0.1, 0.15) is 23.6 Å². The van der Waals surface area contributed by atoms with E-state index < -0.39 is 0 Å². The van der Waals surface area contributed by atoms with Gasteiger partial charge in [-0.05, 0) is 48.4 Å². The number of nitrogens with two attached hydrogens (primary N) is 1. The molecule has 0 saturated carbocycles. The molecule has 4 aromatic rings. The number of nitrogens with one attached hydrogen (secondary N) is 1. The van der Waals surface area contributed by atoms with Gasteiger partial charge in [-0.25, -0.2) is 0 Å². The molecule has 1 heterocycles. The zero-order chi connectivity index (χ0) is 24.8. The molecule has 0 aliphatic heterocycles. The van der Waals surface area contributed by atoms with Crippen LogP contribution in [0.3, 0.4) is 0 Å². The molecule has 0 saturated heterocycles. The van der Waals surface area contributed by atoms with Crippen molar-refractivity contribution in [3.63, 3.8) is 0 Å². The Kier molecular flexibility index (Phi) is 7.48. The first-order valence-electron chi connectivity index (χ1n) is 11.3. The van der Waals surface area contributed by atoms with E-state index in [2.05, 4.69) is 0 Å². The van der Waals surface area contributed by atoms with Gasteiger partial charge < -0.3 is 24.4 Å². The summed E-state index contributed by atoms with van der Waals surface area (Å²) in [6.45, 7) is 2.43. The topological polar surface area (TPSA) is 108 Å². The fraction of sp³-hybridized carbons (Fsp3) is 0.214. The standard InChI is InChI=1S/C28H28N2O5/c1-18(16-32-2)35-26(31)15-21-6-3-4-9-25(21)34-17-19-12-22-10-11-33-27(22)24(13-19)20-7-5-8-23(14-20)28(29)30/h3-14,18H,15-17H2,1-2H3,(H3,29,30). The van der Waals surface area contributed by atoms with Crippen LogP contribution in [0.25, 0.3) is 22.1 Å². The van der Waals surface area contributed by atoms with E-state index in [0.29, 0.717) is 24.5 Å². The maximum atomic E-state index is 12.4. The SMILES string of the molecule is COCC(C)OC(=O)Cc1ccccc1OCc1cc(-c2cccc(C(=N)N)c2)c2occc2c1. The molecule has 0 aliphatic carbocycles. The molecule has 1 atom stereocenters. The zero-order valence-electron chi connectivity index (χ0n) is 19.7. The molecular formula is C28H28N2O5. The van der Waals surface area contributed by atoms with Crippen molar-refractivity contribution in [3.05, 3.63) is 89.7 Å². The summed E-state index contributed by atoms with van der Waals surface area (Å²) in [5.74, 6) is 0.295. The molecule has 0 fully saturated rings. The predicted molar refractivity (Wildman–Crippen MR) is 135 cm³/mol. The highest BCUT2D eigenvalue weighted by molar-refractivity contribution is 5.98. The van der Waals surface area contributed by atoms with Crippen molar-refractivity contribution >= 4 is 22.8 Å². The van der Waals surface area contributed by atoms with Gasteiger partial charge in [-0.15, -0.1) is 0 Å². The third kappa shape index (κ3) is 5.88. The van der Waals surface area contributed by atoms with Gasteiger partial charge in [0.1, 0.15) is 29.9 Å². The first-order valence-corrected chi connectivity index (χ1v) is 11.3. The van der Waals surface area contributed by atoms with Crippen molar-refractivity contribution in [1.29, 1.82) is 5.41 Å². The third-order valence-electron chi connectivity index (χ3n) is 5.53. The molecule has 0 aliphatic rings. The molecule has 1 unspecified atom stereocenters. The molecule has 1 aromatic heterocycles. The Morgan fingerprint density at radius 3 is 2.71 bits per heavy atom. The molecule has 180 valence electrons. The molecule has 35 heavy (non-hydrogen) atoms. The summed E-state index contributed by atoms with van der Waals surface area (Å²) in [5, 5.41) is 8.70. The number of hydrogen-bond acceptors (Lipinski definition) is 6. The van der Waals surface area contributed by atoms with Crippen LogP contribution < -0.4 is 10.5 Å². The Labute approximate surface area is 203 Å². The molecule has 4 rings (SSSR count). The second kappa shape index (κ2) is 10.9. The quantitative estimate of drug-likeness (QED) is 0.189. The number of amidine groups is 1. The van der Waals surface area contributed by atoms with Crippen molar-refractivity contribution in [3.8, 4) is 16.9 Å². The van der Waals surface area contributed by atoms with E-state index in [1.165, 1.54) is 0 Å². The van der Waals surface area contributed by atoms with Crippen molar-refractivity contribution in [2.45, 2.75) is 26.1 Å². The predicted octanol–water partition coefficient (Wildman–Crippen LogP) is 5.08. The Hall–Kier alpha value is -4.10. The Morgan fingerprint density at radius 1 is 1.09 bits per heavy atom. The largest absolute Gasteiger partial charge is 0.489 e. The Bertz CT molecular complexity index is 1340. The summed E-state index contributed by atoms with van der Waals surface area (Å²) < 4.78 is 22.3. The number of furan rings is 1. The van der Waals surface area contributed by atoms with Gasteiger partial charge in [0.15, 0.2) is 0 Å². The number of para-hydroxylation sites is 1. The van der Waals surface area contributed by atoms with Crippen LogP contribution in [0.2, 0.25) is 0 Å². The lowest BCUT2D eigenvalue weighted by Crippen LogP contribution is -2.21. The van der Waals surface area contributed by atoms with Gasteiger partial charge in [0.05, 0.1) is 19.3 Å². The van der Waals surface area contributed by atoms with Crippen LogP contribution in [0.15, 0.2) is 77.4 Å². The number of fused-ring (bicyclic) bond motifs is 1. The van der Waals surface area contributed by atoms with E-state index in [1.807, 2.05) is 60.7 Å². The number of methoxy groups -OCH3 is 1. The number of benzene rings is 3.